The number of hydrogen-bond acceptors (Lipinski definition) is 5. The van der Waals surface area contributed by atoms with Crippen molar-refractivity contribution in [1.29, 1.82) is 0 Å². The van der Waals surface area contributed by atoms with Crippen molar-refractivity contribution in [3.05, 3.63) is 0 Å². The number of amides is 2. The lowest BCUT2D eigenvalue weighted by Crippen LogP contribution is -2.49. The van der Waals surface area contributed by atoms with Gasteiger partial charge in [0.05, 0.1) is 18.7 Å². The van der Waals surface area contributed by atoms with Crippen LogP contribution in [0.15, 0.2) is 0 Å². The van der Waals surface area contributed by atoms with E-state index in [-0.39, 0.29) is 30.5 Å². The van der Waals surface area contributed by atoms with Gasteiger partial charge in [-0.3, -0.25) is 4.79 Å². The Kier molecular flexibility index (Phi) is 5.28. The van der Waals surface area contributed by atoms with Crippen LogP contribution in [-0.2, 0) is 19.6 Å². The summed E-state index contributed by atoms with van der Waals surface area (Å²) in [5.74, 6) is -0.495. The van der Waals surface area contributed by atoms with Crippen molar-refractivity contribution in [2.45, 2.75) is 25.8 Å². The molecule has 2 saturated heterocycles. The molecule has 1 N–H and O–H groups in total. The number of rotatable bonds is 5. The van der Waals surface area contributed by atoms with Crippen LogP contribution in [0.2, 0.25) is 0 Å². The highest BCUT2D eigenvalue weighted by Gasteiger charge is 2.31. The van der Waals surface area contributed by atoms with E-state index in [9.17, 15) is 18.0 Å². The van der Waals surface area contributed by atoms with Crippen molar-refractivity contribution in [3.8, 4) is 0 Å². The van der Waals surface area contributed by atoms with E-state index in [1.807, 2.05) is 6.92 Å². The highest BCUT2D eigenvalue weighted by atomic mass is 32.2. The van der Waals surface area contributed by atoms with Gasteiger partial charge in [-0.05, 0) is 19.8 Å². The van der Waals surface area contributed by atoms with Gasteiger partial charge in [-0.1, -0.05) is 0 Å². The molecule has 2 rings (SSSR count). The van der Waals surface area contributed by atoms with Crippen LogP contribution in [0.3, 0.4) is 0 Å². The second kappa shape index (κ2) is 6.82. The highest BCUT2D eigenvalue weighted by Crippen LogP contribution is 2.19. The molecule has 0 aliphatic carbocycles. The summed E-state index contributed by atoms with van der Waals surface area (Å²) in [7, 11) is -3.26. The first kappa shape index (κ1) is 17.0. The van der Waals surface area contributed by atoms with Crippen LogP contribution in [0.25, 0.3) is 0 Å². The van der Waals surface area contributed by atoms with Gasteiger partial charge in [-0.15, -0.1) is 0 Å². The van der Waals surface area contributed by atoms with Crippen LogP contribution in [0.4, 0.5) is 4.79 Å². The summed E-state index contributed by atoms with van der Waals surface area (Å²) in [5.41, 5.74) is 0. The lowest BCUT2D eigenvalue weighted by molar-refractivity contribution is -0.126. The standard InChI is InChI=1S/C13H23N3O5S/c1-10(8-15-6-7-21-13(15)18)14-12(17)11-4-3-5-16(9-11)22(2,19)20/h10-11H,3-9H2,1-2H3,(H,14,17)/t10-,11+/m0/s1. The zero-order valence-corrected chi connectivity index (χ0v) is 13.8. The molecule has 0 bridgehead atoms. The maximum atomic E-state index is 12.3. The van der Waals surface area contributed by atoms with Crippen molar-refractivity contribution in [2.75, 3.05) is 39.0 Å². The number of hydrogen-bond donors (Lipinski definition) is 1. The van der Waals surface area contributed by atoms with E-state index in [0.717, 1.165) is 6.26 Å². The van der Waals surface area contributed by atoms with E-state index in [2.05, 4.69) is 5.32 Å². The smallest absolute Gasteiger partial charge is 0.410 e. The first-order valence-electron chi connectivity index (χ1n) is 7.44. The molecule has 2 aliphatic heterocycles. The molecule has 0 saturated carbocycles. The molecule has 2 amide bonds. The summed E-state index contributed by atoms with van der Waals surface area (Å²) in [5, 5.41) is 2.86. The SMILES string of the molecule is C[C@@H](CN1CCOC1=O)NC(=O)[C@@H]1CCCN(S(C)(=O)=O)C1. The minimum atomic E-state index is -3.26. The van der Waals surface area contributed by atoms with E-state index in [1.54, 1.807) is 4.90 Å². The fourth-order valence-corrected chi connectivity index (χ4v) is 3.70. The van der Waals surface area contributed by atoms with Gasteiger partial charge < -0.3 is 15.0 Å². The molecule has 2 fully saturated rings. The van der Waals surface area contributed by atoms with Crippen LogP contribution in [0.1, 0.15) is 19.8 Å². The molecular formula is C13H23N3O5S. The van der Waals surface area contributed by atoms with Gasteiger partial charge in [0.15, 0.2) is 0 Å². The average molecular weight is 333 g/mol. The number of sulfonamides is 1. The Labute approximate surface area is 130 Å². The first-order valence-corrected chi connectivity index (χ1v) is 9.29. The molecule has 0 aromatic carbocycles. The quantitative estimate of drug-likeness (QED) is 0.739. The molecule has 0 spiro atoms. The number of cyclic esters (lactones) is 1. The van der Waals surface area contributed by atoms with E-state index < -0.39 is 10.0 Å². The largest absolute Gasteiger partial charge is 0.448 e. The van der Waals surface area contributed by atoms with Crippen molar-refractivity contribution < 1.29 is 22.7 Å². The fraction of sp³-hybridized carbons (Fsp3) is 0.846. The predicted octanol–water partition coefficient (Wildman–Crippen LogP) is -0.385. The Morgan fingerprint density at radius 2 is 2.18 bits per heavy atom. The van der Waals surface area contributed by atoms with Gasteiger partial charge in [0.1, 0.15) is 6.61 Å². The molecule has 0 aromatic rings. The summed E-state index contributed by atoms with van der Waals surface area (Å²) in [4.78, 5) is 25.2. The molecule has 0 radical (unpaired) electrons. The zero-order chi connectivity index (χ0) is 16.3. The number of nitrogens with zero attached hydrogens (tertiary/aromatic N) is 2. The zero-order valence-electron chi connectivity index (χ0n) is 12.9. The Balaban J connectivity index is 1.84. The number of ether oxygens (including phenoxy) is 1. The molecular weight excluding hydrogens is 310 g/mol. The molecule has 0 unspecified atom stereocenters. The first-order chi connectivity index (χ1) is 10.3. The van der Waals surface area contributed by atoms with Gasteiger partial charge in [0.25, 0.3) is 0 Å². The van der Waals surface area contributed by atoms with Gasteiger partial charge in [-0.2, -0.15) is 0 Å². The molecule has 9 heteroatoms. The average Bonchev–Trinajstić information content (AvgIpc) is 2.83. The van der Waals surface area contributed by atoms with Crippen molar-refractivity contribution >= 4 is 22.0 Å². The van der Waals surface area contributed by atoms with Crippen molar-refractivity contribution in [1.82, 2.24) is 14.5 Å². The summed E-state index contributed by atoms with van der Waals surface area (Å²) in [6.45, 7) is 3.82. The fourth-order valence-electron chi connectivity index (χ4n) is 2.79. The maximum Gasteiger partial charge on any atom is 0.410 e. The molecule has 0 aromatic heterocycles. The molecule has 2 atom stereocenters. The molecule has 126 valence electrons. The Morgan fingerprint density at radius 3 is 2.77 bits per heavy atom. The highest BCUT2D eigenvalue weighted by molar-refractivity contribution is 7.88. The number of piperidine rings is 1. The maximum absolute atomic E-state index is 12.3. The topological polar surface area (TPSA) is 96.0 Å². The van der Waals surface area contributed by atoms with Crippen molar-refractivity contribution in [3.63, 3.8) is 0 Å². The van der Waals surface area contributed by atoms with E-state index >= 15 is 0 Å². The second-order valence-electron chi connectivity index (χ2n) is 5.93. The summed E-state index contributed by atoms with van der Waals surface area (Å²) >= 11 is 0. The van der Waals surface area contributed by atoms with Crippen LogP contribution < -0.4 is 5.32 Å². The summed E-state index contributed by atoms with van der Waals surface area (Å²) < 4.78 is 29.3. The number of carbonyl (C=O) groups excluding carboxylic acids is 2. The van der Waals surface area contributed by atoms with Gasteiger partial charge in [0.2, 0.25) is 15.9 Å². The number of carbonyl (C=O) groups is 2. The molecule has 22 heavy (non-hydrogen) atoms. The second-order valence-corrected chi connectivity index (χ2v) is 7.91. The third-order valence-electron chi connectivity index (χ3n) is 3.95. The van der Waals surface area contributed by atoms with Gasteiger partial charge >= 0.3 is 6.09 Å². The van der Waals surface area contributed by atoms with E-state index in [0.29, 0.717) is 39.1 Å². The third kappa shape index (κ3) is 4.33. The minimum Gasteiger partial charge on any atom is -0.448 e. The molecule has 2 aliphatic rings. The van der Waals surface area contributed by atoms with E-state index in [1.165, 1.54) is 4.31 Å². The Hall–Kier alpha value is -1.35. The molecule has 2 heterocycles. The molecule has 8 nitrogen and oxygen atoms in total. The van der Waals surface area contributed by atoms with Crippen molar-refractivity contribution in [2.24, 2.45) is 5.92 Å². The Bertz CT molecular complexity index is 536. The third-order valence-corrected chi connectivity index (χ3v) is 5.22. The predicted molar refractivity (Wildman–Crippen MR) is 79.7 cm³/mol. The van der Waals surface area contributed by atoms with Crippen LogP contribution in [-0.4, -0.2) is 74.7 Å². The summed E-state index contributed by atoms with van der Waals surface area (Å²) in [6, 6.07) is -0.202. The number of nitrogens with one attached hydrogen (secondary N) is 1. The normalized spacial score (nSPS) is 24.9. The Morgan fingerprint density at radius 1 is 1.45 bits per heavy atom. The van der Waals surface area contributed by atoms with Crippen LogP contribution in [0, 0.1) is 5.92 Å². The van der Waals surface area contributed by atoms with Gasteiger partial charge in [0, 0.05) is 25.7 Å². The summed E-state index contributed by atoms with van der Waals surface area (Å²) in [6.07, 6.45) is 2.16. The van der Waals surface area contributed by atoms with Crippen LogP contribution >= 0.6 is 0 Å². The van der Waals surface area contributed by atoms with Crippen LogP contribution in [0.5, 0.6) is 0 Å². The van der Waals surface area contributed by atoms with Gasteiger partial charge in [-0.25, -0.2) is 17.5 Å². The lowest BCUT2D eigenvalue weighted by atomic mass is 9.98. The lowest BCUT2D eigenvalue weighted by Gasteiger charge is -2.31. The monoisotopic (exact) mass is 333 g/mol. The minimum absolute atomic E-state index is 0.159. The van der Waals surface area contributed by atoms with E-state index in [4.69, 9.17) is 4.74 Å².